The molecule has 0 spiro atoms. The quantitative estimate of drug-likeness (QED) is 0.762. The third-order valence-electron chi connectivity index (χ3n) is 2.58. The average molecular weight is 237 g/mol. The summed E-state index contributed by atoms with van der Waals surface area (Å²) in [4.78, 5) is 10.4. The molecule has 17 heavy (non-hydrogen) atoms. The number of benzene rings is 1. The Kier molecular flexibility index (Phi) is 5.49. The van der Waals surface area contributed by atoms with Crippen LogP contribution in [0.5, 0.6) is 5.75 Å². The van der Waals surface area contributed by atoms with E-state index in [2.05, 4.69) is 5.32 Å². The maximum absolute atomic E-state index is 10.4. The Hall–Kier alpha value is -1.55. The standard InChI is InChI=1S/C13H19NO3/c1-10(6-7-13(15)16)14-9-11-4-3-5-12(8-11)17-2/h3-5,8,10,14H,6-7,9H2,1-2H3,(H,15,16). The third kappa shape index (κ3) is 5.36. The van der Waals surface area contributed by atoms with Crippen molar-refractivity contribution < 1.29 is 14.6 Å². The van der Waals surface area contributed by atoms with Gasteiger partial charge in [-0.15, -0.1) is 0 Å². The highest BCUT2D eigenvalue weighted by molar-refractivity contribution is 5.66. The van der Waals surface area contributed by atoms with Gasteiger partial charge < -0.3 is 15.2 Å². The molecular weight excluding hydrogens is 218 g/mol. The molecule has 0 bridgehead atoms. The van der Waals surface area contributed by atoms with Gasteiger partial charge in [-0.05, 0) is 31.0 Å². The Balaban J connectivity index is 2.36. The molecule has 0 aliphatic heterocycles. The number of aliphatic carboxylic acids is 1. The zero-order valence-corrected chi connectivity index (χ0v) is 10.3. The lowest BCUT2D eigenvalue weighted by Gasteiger charge is -2.13. The van der Waals surface area contributed by atoms with Crippen LogP contribution in [0.4, 0.5) is 0 Å². The molecule has 0 aliphatic carbocycles. The van der Waals surface area contributed by atoms with Crippen LogP contribution in [-0.2, 0) is 11.3 Å². The van der Waals surface area contributed by atoms with Crippen molar-refractivity contribution >= 4 is 5.97 Å². The van der Waals surface area contributed by atoms with Crippen LogP contribution >= 0.6 is 0 Å². The highest BCUT2D eigenvalue weighted by Gasteiger charge is 2.05. The second kappa shape index (κ2) is 6.91. The molecule has 0 aromatic heterocycles. The van der Waals surface area contributed by atoms with Crippen LogP contribution in [0.25, 0.3) is 0 Å². The molecule has 0 radical (unpaired) electrons. The van der Waals surface area contributed by atoms with Gasteiger partial charge in [0.05, 0.1) is 7.11 Å². The molecule has 1 aromatic carbocycles. The maximum atomic E-state index is 10.4. The molecule has 1 aromatic rings. The van der Waals surface area contributed by atoms with E-state index in [1.54, 1.807) is 7.11 Å². The Labute approximate surface area is 102 Å². The Morgan fingerprint density at radius 2 is 2.29 bits per heavy atom. The van der Waals surface area contributed by atoms with E-state index >= 15 is 0 Å². The van der Waals surface area contributed by atoms with Gasteiger partial charge in [-0.2, -0.15) is 0 Å². The van der Waals surface area contributed by atoms with Crippen LogP contribution in [0, 0.1) is 0 Å². The molecule has 2 N–H and O–H groups in total. The lowest BCUT2D eigenvalue weighted by atomic mass is 10.1. The SMILES string of the molecule is COc1cccc(CNC(C)CCC(=O)O)c1. The van der Waals surface area contributed by atoms with Crippen molar-refractivity contribution in [1.29, 1.82) is 0 Å². The summed E-state index contributed by atoms with van der Waals surface area (Å²) in [6.07, 6.45) is 0.839. The first-order valence-corrected chi connectivity index (χ1v) is 5.70. The minimum atomic E-state index is -0.750. The van der Waals surface area contributed by atoms with Gasteiger partial charge in [-0.1, -0.05) is 12.1 Å². The van der Waals surface area contributed by atoms with Crippen LogP contribution in [0.2, 0.25) is 0 Å². The molecular formula is C13H19NO3. The number of hydrogen-bond acceptors (Lipinski definition) is 3. The van der Waals surface area contributed by atoms with Crippen molar-refractivity contribution in [1.82, 2.24) is 5.32 Å². The Bertz CT molecular complexity index is 365. The van der Waals surface area contributed by atoms with Crippen molar-refractivity contribution in [2.75, 3.05) is 7.11 Å². The van der Waals surface area contributed by atoms with Crippen molar-refractivity contribution in [3.63, 3.8) is 0 Å². The number of carboxylic acid groups (broad SMARTS) is 1. The van der Waals surface area contributed by atoms with Gasteiger partial charge in [-0.3, -0.25) is 4.79 Å². The molecule has 1 unspecified atom stereocenters. The number of carboxylic acids is 1. The molecule has 0 saturated carbocycles. The summed E-state index contributed by atoms with van der Waals surface area (Å²) in [6.45, 7) is 2.71. The third-order valence-corrected chi connectivity index (χ3v) is 2.58. The van der Waals surface area contributed by atoms with Gasteiger partial charge in [-0.25, -0.2) is 0 Å². The summed E-state index contributed by atoms with van der Waals surface area (Å²) in [5, 5.41) is 11.9. The number of ether oxygens (including phenoxy) is 1. The molecule has 0 saturated heterocycles. The largest absolute Gasteiger partial charge is 0.497 e. The Morgan fingerprint density at radius 1 is 1.53 bits per heavy atom. The first kappa shape index (κ1) is 13.5. The van der Waals surface area contributed by atoms with Gasteiger partial charge in [0.15, 0.2) is 0 Å². The van der Waals surface area contributed by atoms with Crippen LogP contribution in [0.3, 0.4) is 0 Å². The maximum Gasteiger partial charge on any atom is 0.303 e. The van der Waals surface area contributed by atoms with Gasteiger partial charge in [0, 0.05) is 19.0 Å². The highest BCUT2D eigenvalue weighted by atomic mass is 16.5. The van der Waals surface area contributed by atoms with Crippen molar-refractivity contribution in [3.8, 4) is 5.75 Å². The normalized spacial score (nSPS) is 12.1. The molecule has 0 aliphatic rings. The monoisotopic (exact) mass is 237 g/mol. The molecule has 1 rings (SSSR count). The summed E-state index contributed by atoms with van der Waals surface area (Å²) < 4.78 is 5.14. The molecule has 0 heterocycles. The number of carbonyl (C=O) groups is 1. The zero-order valence-electron chi connectivity index (χ0n) is 10.3. The summed E-state index contributed by atoms with van der Waals surface area (Å²) in [5.41, 5.74) is 1.13. The van der Waals surface area contributed by atoms with E-state index in [1.807, 2.05) is 31.2 Å². The van der Waals surface area contributed by atoms with E-state index in [9.17, 15) is 4.79 Å². The summed E-state index contributed by atoms with van der Waals surface area (Å²) in [6, 6.07) is 8.02. The van der Waals surface area contributed by atoms with E-state index < -0.39 is 5.97 Å². The van der Waals surface area contributed by atoms with Crippen LogP contribution in [0.15, 0.2) is 24.3 Å². The zero-order chi connectivity index (χ0) is 12.7. The van der Waals surface area contributed by atoms with Gasteiger partial charge in [0.1, 0.15) is 5.75 Å². The molecule has 0 amide bonds. The molecule has 4 heteroatoms. The number of methoxy groups -OCH3 is 1. The predicted molar refractivity (Wildman–Crippen MR) is 66.2 cm³/mol. The Morgan fingerprint density at radius 3 is 2.94 bits per heavy atom. The van der Waals surface area contributed by atoms with E-state index in [1.165, 1.54) is 0 Å². The minimum Gasteiger partial charge on any atom is -0.497 e. The van der Waals surface area contributed by atoms with Crippen molar-refractivity contribution in [3.05, 3.63) is 29.8 Å². The fraction of sp³-hybridized carbons (Fsp3) is 0.462. The summed E-state index contributed by atoms with van der Waals surface area (Å²) in [7, 11) is 1.64. The van der Waals surface area contributed by atoms with E-state index in [4.69, 9.17) is 9.84 Å². The van der Waals surface area contributed by atoms with E-state index in [0.29, 0.717) is 6.42 Å². The fourth-order valence-corrected chi connectivity index (χ4v) is 1.52. The lowest BCUT2D eigenvalue weighted by molar-refractivity contribution is -0.137. The first-order valence-electron chi connectivity index (χ1n) is 5.70. The van der Waals surface area contributed by atoms with Crippen LogP contribution in [-0.4, -0.2) is 24.2 Å². The molecule has 94 valence electrons. The topological polar surface area (TPSA) is 58.6 Å². The smallest absolute Gasteiger partial charge is 0.303 e. The molecule has 1 atom stereocenters. The van der Waals surface area contributed by atoms with Crippen LogP contribution in [0.1, 0.15) is 25.3 Å². The predicted octanol–water partition coefficient (Wildman–Crippen LogP) is 2.04. The first-order chi connectivity index (χ1) is 8.11. The summed E-state index contributed by atoms with van der Waals surface area (Å²) in [5.74, 6) is 0.0857. The number of hydrogen-bond donors (Lipinski definition) is 2. The van der Waals surface area contributed by atoms with Crippen molar-refractivity contribution in [2.24, 2.45) is 0 Å². The van der Waals surface area contributed by atoms with E-state index in [0.717, 1.165) is 17.9 Å². The van der Waals surface area contributed by atoms with E-state index in [-0.39, 0.29) is 12.5 Å². The molecule has 4 nitrogen and oxygen atoms in total. The van der Waals surface area contributed by atoms with Gasteiger partial charge in [0.2, 0.25) is 0 Å². The average Bonchev–Trinajstić information content (AvgIpc) is 2.34. The second-order valence-corrected chi connectivity index (χ2v) is 4.07. The number of nitrogens with one attached hydrogen (secondary N) is 1. The van der Waals surface area contributed by atoms with Gasteiger partial charge >= 0.3 is 5.97 Å². The molecule has 0 fully saturated rings. The highest BCUT2D eigenvalue weighted by Crippen LogP contribution is 2.12. The minimum absolute atomic E-state index is 0.192. The summed E-state index contributed by atoms with van der Waals surface area (Å²) >= 11 is 0. The fourth-order valence-electron chi connectivity index (χ4n) is 1.52. The van der Waals surface area contributed by atoms with Gasteiger partial charge in [0.25, 0.3) is 0 Å². The number of rotatable bonds is 7. The van der Waals surface area contributed by atoms with Crippen LogP contribution < -0.4 is 10.1 Å². The lowest BCUT2D eigenvalue weighted by Crippen LogP contribution is -2.26. The second-order valence-electron chi connectivity index (χ2n) is 4.07. The van der Waals surface area contributed by atoms with Crippen molar-refractivity contribution in [2.45, 2.75) is 32.4 Å².